The van der Waals surface area contributed by atoms with E-state index < -0.39 is 0 Å². The number of hydrogen-bond acceptors (Lipinski definition) is 1. The van der Waals surface area contributed by atoms with Gasteiger partial charge in [-0.3, -0.25) is 0 Å². The van der Waals surface area contributed by atoms with Gasteiger partial charge in [0.25, 0.3) is 0 Å². The summed E-state index contributed by atoms with van der Waals surface area (Å²) in [5.41, 5.74) is 2.23. The van der Waals surface area contributed by atoms with Crippen LogP contribution in [0.4, 0.5) is 8.78 Å². The third kappa shape index (κ3) is 5.85. The smallest absolute Gasteiger partial charge is 0.123 e. The number of benzene rings is 2. The Morgan fingerprint density at radius 3 is 2.23 bits per heavy atom. The van der Waals surface area contributed by atoms with Crippen molar-refractivity contribution in [3.05, 3.63) is 69.9 Å². The molecule has 22 heavy (non-hydrogen) atoms. The maximum Gasteiger partial charge on any atom is 0.123 e. The van der Waals surface area contributed by atoms with Gasteiger partial charge in [-0.05, 0) is 61.2 Å². The monoisotopic (exact) mass is 367 g/mol. The van der Waals surface area contributed by atoms with Crippen molar-refractivity contribution in [3.63, 3.8) is 0 Å². The van der Waals surface area contributed by atoms with E-state index in [0.717, 1.165) is 35.0 Å². The van der Waals surface area contributed by atoms with E-state index in [9.17, 15) is 8.78 Å². The average molecular weight is 368 g/mol. The van der Waals surface area contributed by atoms with E-state index in [1.54, 1.807) is 12.1 Å². The number of halogens is 3. The summed E-state index contributed by atoms with van der Waals surface area (Å²) >= 11 is 3.39. The maximum absolute atomic E-state index is 13.1. The fourth-order valence-corrected chi connectivity index (χ4v) is 2.60. The Kier molecular flexibility index (Phi) is 7.00. The average Bonchev–Trinajstić information content (AvgIpc) is 2.54. The molecule has 0 heterocycles. The van der Waals surface area contributed by atoms with E-state index in [4.69, 9.17) is 0 Å². The van der Waals surface area contributed by atoms with E-state index in [1.807, 2.05) is 24.3 Å². The van der Waals surface area contributed by atoms with Gasteiger partial charge in [-0.1, -0.05) is 40.2 Å². The van der Waals surface area contributed by atoms with Gasteiger partial charge in [0.15, 0.2) is 0 Å². The minimum absolute atomic E-state index is 0.158. The van der Waals surface area contributed by atoms with Crippen molar-refractivity contribution in [1.29, 1.82) is 0 Å². The van der Waals surface area contributed by atoms with Gasteiger partial charge in [0.05, 0.1) is 0 Å². The Morgan fingerprint density at radius 1 is 0.955 bits per heavy atom. The normalized spacial score (nSPS) is 12.3. The van der Waals surface area contributed by atoms with Gasteiger partial charge in [-0.15, -0.1) is 0 Å². The molecule has 0 bridgehead atoms. The molecular weight excluding hydrogens is 348 g/mol. The first kappa shape index (κ1) is 17.1. The molecule has 0 amide bonds. The van der Waals surface area contributed by atoms with Gasteiger partial charge in [-0.25, -0.2) is 8.78 Å². The highest BCUT2D eigenvalue weighted by Crippen LogP contribution is 2.12. The van der Waals surface area contributed by atoms with Crippen LogP contribution in [0.2, 0.25) is 0 Å². The molecule has 1 unspecified atom stereocenters. The topological polar surface area (TPSA) is 12.0 Å². The van der Waals surface area contributed by atoms with Crippen molar-refractivity contribution < 1.29 is 8.78 Å². The van der Waals surface area contributed by atoms with Crippen LogP contribution < -0.4 is 5.32 Å². The zero-order valence-electron chi connectivity index (χ0n) is 12.4. The molecule has 118 valence electrons. The van der Waals surface area contributed by atoms with E-state index in [-0.39, 0.29) is 18.5 Å². The highest BCUT2D eigenvalue weighted by atomic mass is 79.9. The summed E-state index contributed by atoms with van der Waals surface area (Å²) in [4.78, 5) is 0. The second-order valence-electron chi connectivity index (χ2n) is 5.37. The Bertz CT molecular complexity index is 554. The second kappa shape index (κ2) is 9.01. The summed E-state index contributed by atoms with van der Waals surface area (Å²) in [7, 11) is 0. The van der Waals surface area contributed by atoms with Gasteiger partial charge in [0.2, 0.25) is 0 Å². The van der Waals surface area contributed by atoms with Crippen molar-refractivity contribution in [2.24, 2.45) is 0 Å². The number of nitrogens with one attached hydrogen (secondary N) is 1. The second-order valence-corrected chi connectivity index (χ2v) is 6.28. The lowest BCUT2D eigenvalue weighted by molar-refractivity contribution is 0.371. The minimum atomic E-state index is -0.382. The third-order valence-electron chi connectivity index (χ3n) is 3.57. The molecule has 2 aromatic rings. The van der Waals surface area contributed by atoms with Gasteiger partial charge >= 0.3 is 0 Å². The highest BCUT2D eigenvalue weighted by molar-refractivity contribution is 9.10. The van der Waals surface area contributed by atoms with Crippen LogP contribution in [0.5, 0.6) is 0 Å². The molecule has 0 saturated heterocycles. The summed E-state index contributed by atoms with van der Waals surface area (Å²) in [6.07, 6.45) is 2.45. The predicted octanol–water partition coefficient (Wildman–Crippen LogP) is 4.69. The van der Waals surface area contributed by atoms with Crippen molar-refractivity contribution in [2.75, 3.05) is 13.2 Å². The molecule has 2 rings (SSSR count). The van der Waals surface area contributed by atoms with E-state index in [0.29, 0.717) is 6.42 Å². The SMILES string of the molecule is FCC(Cc1ccc(Br)cc1)NCCCc1ccc(F)cc1. The fourth-order valence-electron chi connectivity index (χ4n) is 2.34. The van der Waals surface area contributed by atoms with Crippen LogP contribution in [0.15, 0.2) is 53.0 Å². The first-order valence-electron chi connectivity index (χ1n) is 7.45. The summed E-state index contributed by atoms with van der Waals surface area (Å²) < 4.78 is 26.9. The van der Waals surface area contributed by atoms with Crippen LogP contribution in [0.3, 0.4) is 0 Å². The number of rotatable bonds is 8. The van der Waals surface area contributed by atoms with Crippen molar-refractivity contribution in [1.82, 2.24) is 5.32 Å². The van der Waals surface area contributed by atoms with Crippen LogP contribution in [0.1, 0.15) is 17.5 Å². The molecule has 0 aliphatic carbocycles. The van der Waals surface area contributed by atoms with Gasteiger partial charge < -0.3 is 5.32 Å². The van der Waals surface area contributed by atoms with Crippen molar-refractivity contribution in [2.45, 2.75) is 25.3 Å². The molecule has 0 radical (unpaired) electrons. The Balaban J connectivity index is 1.71. The zero-order valence-corrected chi connectivity index (χ0v) is 14.0. The Morgan fingerprint density at radius 2 is 1.59 bits per heavy atom. The third-order valence-corrected chi connectivity index (χ3v) is 4.10. The largest absolute Gasteiger partial charge is 0.311 e. The van der Waals surface area contributed by atoms with Crippen LogP contribution in [-0.2, 0) is 12.8 Å². The molecule has 0 aromatic heterocycles. The van der Waals surface area contributed by atoms with Crippen LogP contribution in [0.25, 0.3) is 0 Å². The molecule has 0 aliphatic rings. The standard InChI is InChI=1S/C18H20BrF2N/c19-16-7-3-15(4-8-16)12-18(13-20)22-11-1-2-14-5-9-17(21)10-6-14/h3-10,18,22H,1-2,11-13H2. The van der Waals surface area contributed by atoms with E-state index in [1.165, 1.54) is 12.1 Å². The van der Waals surface area contributed by atoms with E-state index in [2.05, 4.69) is 21.2 Å². The lowest BCUT2D eigenvalue weighted by atomic mass is 10.1. The summed E-state index contributed by atoms with van der Waals surface area (Å²) in [5.74, 6) is -0.214. The van der Waals surface area contributed by atoms with Crippen LogP contribution >= 0.6 is 15.9 Å². The lowest BCUT2D eigenvalue weighted by Crippen LogP contribution is -2.34. The van der Waals surface area contributed by atoms with Crippen molar-refractivity contribution >= 4 is 15.9 Å². The van der Waals surface area contributed by atoms with Gasteiger partial charge in [0, 0.05) is 10.5 Å². The lowest BCUT2D eigenvalue weighted by Gasteiger charge is -2.15. The molecule has 1 atom stereocenters. The number of aryl methyl sites for hydroxylation is 1. The first-order valence-corrected chi connectivity index (χ1v) is 8.25. The summed E-state index contributed by atoms with van der Waals surface area (Å²) in [5, 5.41) is 3.25. The fraction of sp³-hybridized carbons (Fsp3) is 0.333. The molecule has 1 N–H and O–H groups in total. The van der Waals surface area contributed by atoms with Gasteiger partial charge in [0.1, 0.15) is 12.5 Å². The minimum Gasteiger partial charge on any atom is -0.311 e. The van der Waals surface area contributed by atoms with Crippen molar-refractivity contribution in [3.8, 4) is 0 Å². The molecule has 1 nitrogen and oxygen atoms in total. The quantitative estimate of drug-likeness (QED) is 0.667. The Labute approximate surface area is 138 Å². The molecule has 2 aromatic carbocycles. The summed E-state index contributed by atoms with van der Waals surface area (Å²) in [6.45, 7) is 0.370. The summed E-state index contributed by atoms with van der Waals surface area (Å²) in [6, 6.07) is 14.3. The molecule has 0 saturated carbocycles. The predicted molar refractivity (Wildman–Crippen MR) is 90.3 cm³/mol. The highest BCUT2D eigenvalue weighted by Gasteiger charge is 2.08. The molecule has 0 spiro atoms. The molecule has 0 aliphatic heterocycles. The zero-order chi connectivity index (χ0) is 15.8. The Hall–Kier alpha value is -1.26. The van der Waals surface area contributed by atoms with Crippen LogP contribution in [-0.4, -0.2) is 19.3 Å². The number of alkyl halides is 1. The van der Waals surface area contributed by atoms with E-state index >= 15 is 0 Å². The molecule has 0 fully saturated rings. The maximum atomic E-state index is 13.1. The molecule has 4 heteroatoms. The van der Waals surface area contributed by atoms with Gasteiger partial charge in [-0.2, -0.15) is 0 Å². The first-order chi connectivity index (χ1) is 10.7. The van der Waals surface area contributed by atoms with Crippen LogP contribution in [0, 0.1) is 5.82 Å². The number of hydrogen-bond donors (Lipinski definition) is 1. The molecular formula is C18H20BrF2N.